The Hall–Kier alpha value is -2.52. The lowest BCUT2D eigenvalue weighted by Gasteiger charge is -2.19. The van der Waals surface area contributed by atoms with Crippen LogP contribution in [0.4, 0.5) is 5.82 Å². The van der Waals surface area contributed by atoms with E-state index in [1.807, 2.05) is 24.3 Å². The first-order valence-electron chi connectivity index (χ1n) is 8.56. The van der Waals surface area contributed by atoms with Gasteiger partial charge in [0.1, 0.15) is 17.5 Å². The number of carbonyl (C=O) groups is 1. The Balaban J connectivity index is 1.49. The van der Waals surface area contributed by atoms with Gasteiger partial charge in [0, 0.05) is 30.0 Å². The van der Waals surface area contributed by atoms with Gasteiger partial charge in [-0.1, -0.05) is 18.2 Å². The van der Waals surface area contributed by atoms with E-state index in [2.05, 4.69) is 26.6 Å². The smallest absolute Gasteiger partial charge is 0.237 e. The molecule has 2 aliphatic heterocycles. The number of anilines is 1. The van der Waals surface area contributed by atoms with Gasteiger partial charge in [-0.2, -0.15) is 5.26 Å². The largest absolute Gasteiger partial charge is 0.355 e. The quantitative estimate of drug-likeness (QED) is 0.799. The van der Waals surface area contributed by atoms with Crippen molar-refractivity contribution in [1.29, 1.82) is 5.26 Å². The minimum Gasteiger partial charge on any atom is -0.355 e. The molecule has 2 fully saturated rings. The molecule has 2 atom stereocenters. The third-order valence-corrected chi connectivity index (χ3v) is 5.03. The van der Waals surface area contributed by atoms with Crippen LogP contribution in [-0.4, -0.2) is 42.6 Å². The number of aromatic amines is 1. The van der Waals surface area contributed by atoms with Crippen LogP contribution in [0.5, 0.6) is 0 Å². The number of nitrogens with zero attached hydrogens (tertiary/aromatic N) is 2. The SMILES string of the molecule is N#Cc1c(N2CC[C@H](NC(=O)[C@@H]3CCCN3)C2)[nH]c2ccccc12. The van der Waals surface area contributed by atoms with Crippen LogP contribution in [0.25, 0.3) is 10.9 Å². The molecule has 1 amide bonds. The number of nitrogens with one attached hydrogen (secondary N) is 3. The molecule has 2 aromatic rings. The summed E-state index contributed by atoms with van der Waals surface area (Å²) in [5.74, 6) is 0.978. The lowest BCUT2D eigenvalue weighted by atomic mass is 10.2. The number of hydrogen-bond donors (Lipinski definition) is 3. The Morgan fingerprint density at radius 2 is 2.21 bits per heavy atom. The second-order valence-corrected chi connectivity index (χ2v) is 6.60. The maximum atomic E-state index is 12.3. The van der Waals surface area contributed by atoms with Gasteiger partial charge in [-0.3, -0.25) is 4.79 Å². The molecule has 0 spiro atoms. The average molecular weight is 323 g/mol. The van der Waals surface area contributed by atoms with Gasteiger partial charge in [0.05, 0.1) is 6.04 Å². The Bertz CT molecular complexity index is 799. The number of hydrogen-bond acceptors (Lipinski definition) is 4. The first-order chi connectivity index (χ1) is 11.8. The van der Waals surface area contributed by atoms with Crippen molar-refractivity contribution in [3.8, 4) is 6.07 Å². The fourth-order valence-electron chi connectivity index (χ4n) is 3.77. The maximum Gasteiger partial charge on any atom is 0.237 e. The van der Waals surface area contributed by atoms with Crippen LogP contribution < -0.4 is 15.5 Å². The van der Waals surface area contributed by atoms with Crippen molar-refractivity contribution in [2.45, 2.75) is 31.3 Å². The van der Waals surface area contributed by atoms with Gasteiger partial charge >= 0.3 is 0 Å². The molecule has 6 heteroatoms. The van der Waals surface area contributed by atoms with E-state index in [1.54, 1.807) is 0 Å². The van der Waals surface area contributed by atoms with E-state index >= 15 is 0 Å². The van der Waals surface area contributed by atoms with E-state index in [9.17, 15) is 10.1 Å². The molecule has 4 rings (SSSR count). The summed E-state index contributed by atoms with van der Waals surface area (Å²) < 4.78 is 0. The van der Waals surface area contributed by atoms with Gasteiger partial charge in [-0.15, -0.1) is 0 Å². The molecule has 1 aromatic heterocycles. The minimum atomic E-state index is -0.0400. The van der Waals surface area contributed by atoms with Gasteiger partial charge in [0.25, 0.3) is 0 Å². The zero-order valence-electron chi connectivity index (χ0n) is 13.5. The highest BCUT2D eigenvalue weighted by Gasteiger charge is 2.30. The van der Waals surface area contributed by atoms with Crippen molar-refractivity contribution in [1.82, 2.24) is 15.6 Å². The third-order valence-electron chi connectivity index (χ3n) is 5.03. The molecule has 3 N–H and O–H groups in total. The Morgan fingerprint density at radius 3 is 3.00 bits per heavy atom. The molecule has 0 radical (unpaired) electrons. The topological polar surface area (TPSA) is 83.9 Å². The van der Waals surface area contributed by atoms with Gasteiger partial charge in [-0.25, -0.2) is 0 Å². The third kappa shape index (κ3) is 2.61. The van der Waals surface area contributed by atoms with Gasteiger partial charge in [-0.05, 0) is 31.9 Å². The first-order valence-corrected chi connectivity index (χ1v) is 8.56. The Kier molecular flexibility index (Phi) is 3.87. The van der Waals surface area contributed by atoms with E-state index in [0.717, 1.165) is 55.6 Å². The number of nitriles is 1. The molecule has 0 unspecified atom stereocenters. The van der Waals surface area contributed by atoms with Crippen LogP contribution >= 0.6 is 0 Å². The molecule has 0 saturated carbocycles. The summed E-state index contributed by atoms with van der Waals surface area (Å²) in [5, 5.41) is 16.9. The molecule has 24 heavy (non-hydrogen) atoms. The summed E-state index contributed by atoms with van der Waals surface area (Å²) in [6.45, 7) is 2.50. The summed E-state index contributed by atoms with van der Waals surface area (Å²) in [5.41, 5.74) is 1.67. The van der Waals surface area contributed by atoms with Gasteiger partial charge < -0.3 is 20.5 Å². The van der Waals surface area contributed by atoms with Crippen LogP contribution in [-0.2, 0) is 4.79 Å². The van der Waals surface area contributed by atoms with Gasteiger partial charge in [0.15, 0.2) is 0 Å². The van der Waals surface area contributed by atoms with Crippen molar-refractivity contribution in [2.75, 3.05) is 24.5 Å². The number of amides is 1. The predicted octanol–water partition coefficient (Wildman–Crippen LogP) is 1.49. The normalized spacial score (nSPS) is 23.5. The van der Waals surface area contributed by atoms with E-state index in [1.165, 1.54) is 0 Å². The van der Waals surface area contributed by atoms with Crippen LogP contribution in [0.3, 0.4) is 0 Å². The summed E-state index contributed by atoms with van der Waals surface area (Å²) in [6, 6.07) is 10.3. The number of benzene rings is 1. The van der Waals surface area contributed by atoms with Crippen LogP contribution in [0.15, 0.2) is 24.3 Å². The fourth-order valence-corrected chi connectivity index (χ4v) is 3.77. The van der Waals surface area contributed by atoms with Crippen molar-refractivity contribution in [2.24, 2.45) is 0 Å². The molecule has 3 heterocycles. The number of fused-ring (bicyclic) bond motifs is 1. The highest BCUT2D eigenvalue weighted by molar-refractivity contribution is 5.92. The van der Waals surface area contributed by atoms with Crippen LogP contribution in [0, 0.1) is 11.3 Å². The molecular formula is C18H21N5O. The number of carbonyl (C=O) groups excluding carboxylic acids is 1. The molecule has 124 valence electrons. The minimum absolute atomic E-state index is 0.0400. The molecule has 1 aromatic carbocycles. The van der Waals surface area contributed by atoms with Crippen LogP contribution in [0.1, 0.15) is 24.8 Å². The fraction of sp³-hybridized carbons (Fsp3) is 0.444. The van der Waals surface area contributed by atoms with Crippen molar-refractivity contribution in [3.05, 3.63) is 29.8 Å². The zero-order chi connectivity index (χ0) is 16.5. The first kappa shape index (κ1) is 15.0. The van der Waals surface area contributed by atoms with E-state index in [0.29, 0.717) is 5.56 Å². The Morgan fingerprint density at radius 1 is 1.33 bits per heavy atom. The molecule has 2 aliphatic rings. The number of rotatable bonds is 3. The second kappa shape index (κ2) is 6.17. The molecule has 6 nitrogen and oxygen atoms in total. The standard InChI is InChI=1S/C18H21N5O/c19-10-14-13-4-1-2-5-15(13)22-17(14)23-9-7-12(11-23)21-18(24)16-6-3-8-20-16/h1-2,4-5,12,16,20,22H,3,6-9,11H2,(H,21,24)/t12-,16-/m0/s1. The lowest BCUT2D eigenvalue weighted by molar-refractivity contribution is -0.123. The van der Waals surface area contributed by atoms with E-state index in [4.69, 9.17) is 0 Å². The number of aromatic nitrogens is 1. The molecular weight excluding hydrogens is 302 g/mol. The average Bonchev–Trinajstić information content (AvgIpc) is 3.33. The molecule has 0 aliphatic carbocycles. The van der Waals surface area contributed by atoms with Crippen molar-refractivity contribution < 1.29 is 4.79 Å². The van der Waals surface area contributed by atoms with Gasteiger partial charge in [0.2, 0.25) is 5.91 Å². The Labute approximate surface area is 140 Å². The van der Waals surface area contributed by atoms with Crippen molar-refractivity contribution in [3.63, 3.8) is 0 Å². The summed E-state index contributed by atoms with van der Waals surface area (Å²) >= 11 is 0. The summed E-state index contributed by atoms with van der Waals surface area (Å²) in [6.07, 6.45) is 2.89. The predicted molar refractivity (Wildman–Crippen MR) is 92.8 cm³/mol. The van der Waals surface area contributed by atoms with Crippen molar-refractivity contribution >= 4 is 22.6 Å². The molecule has 0 bridgehead atoms. The summed E-state index contributed by atoms with van der Waals surface area (Å²) in [4.78, 5) is 17.8. The second-order valence-electron chi connectivity index (χ2n) is 6.60. The number of H-pyrrole nitrogens is 1. The van der Waals surface area contributed by atoms with Crippen LogP contribution in [0.2, 0.25) is 0 Å². The van der Waals surface area contributed by atoms with E-state index in [-0.39, 0.29) is 18.0 Å². The monoisotopic (exact) mass is 323 g/mol. The summed E-state index contributed by atoms with van der Waals surface area (Å²) in [7, 11) is 0. The molecule has 2 saturated heterocycles. The maximum absolute atomic E-state index is 12.3. The van der Waals surface area contributed by atoms with E-state index < -0.39 is 0 Å². The zero-order valence-corrected chi connectivity index (χ0v) is 13.5. The number of para-hydroxylation sites is 1. The highest BCUT2D eigenvalue weighted by Crippen LogP contribution is 2.30. The highest BCUT2D eigenvalue weighted by atomic mass is 16.2. The lowest BCUT2D eigenvalue weighted by Crippen LogP contribution is -2.46.